The number of aromatic hydroxyl groups is 1. The highest BCUT2D eigenvalue weighted by molar-refractivity contribution is 5.89. The van der Waals surface area contributed by atoms with Gasteiger partial charge in [0.15, 0.2) is 5.78 Å². The number of benzene rings is 2. The molecule has 0 aliphatic carbocycles. The van der Waals surface area contributed by atoms with Crippen LogP contribution in [0.25, 0.3) is 10.8 Å². The van der Waals surface area contributed by atoms with E-state index in [9.17, 15) is 9.90 Å². The summed E-state index contributed by atoms with van der Waals surface area (Å²) in [7, 11) is 0. The SMILES string of the molecule is CC(C)(C)NC(Cc1ccc2cc(O)ccc2c1)C(=O)C(C)(C)C. The van der Waals surface area contributed by atoms with E-state index in [-0.39, 0.29) is 28.5 Å². The third kappa shape index (κ3) is 4.81. The van der Waals surface area contributed by atoms with E-state index in [0.717, 1.165) is 16.3 Å². The quantitative estimate of drug-likeness (QED) is 0.871. The van der Waals surface area contributed by atoms with Crippen LogP contribution in [0.15, 0.2) is 36.4 Å². The molecule has 0 heterocycles. The molecule has 0 saturated carbocycles. The molecule has 0 radical (unpaired) electrons. The molecule has 0 aliphatic heterocycles. The third-order valence-electron chi connectivity index (χ3n) is 3.99. The number of Topliss-reactive ketones (excluding diaryl/α,β-unsaturated/α-hetero) is 1. The molecule has 3 heteroatoms. The van der Waals surface area contributed by atoms with Crippen molar-refractivity contribution in [3.05, 3.63) is 42.0 Å². The van der Waals surface area contributed by atoms with E-state index >= 15 is 0 Å². The maximum Gasteiger partial charge on any atom is 0.155 e. The zero-order chi connectivity index (χ0) is 18.1. The lowest BCUT2D eigenvalue weighted by Gasteiger charge is -2.32. The van der Waals surface area contributed by atoms with Crippen molar-refractivity contribution in [1.29, 1.82) is 0 Å². The van der Waals surface area contributed by atoms with Gasteiger partial charge in [0.1, 0.15) is 5.75 Å². The van der Waals surface area contributed by atoms with E-state index in [4.69, 9.17) is 0 Å². The summed E-state index contributed by atoms with van der Waals surface area (Å²) >= 11 is 0. The summed E-state index contributed by atoms with van der Waals surface area (Å²) in [6, 6.07) is 11.3. The number of ketones is 1. The Balaban J connectivity index is 2.31. The van der Waals surface area contributed by atoms with Crippen LogP contribution in [0.4, 0.5) is 0 Å². The molecule has 0 amide bonds. The summed E-state index contributed by atoms with van der Waals surface area (Å²) in [6.45, 7) is 12.2. The first-order valence-electron chi connectivity index (χ1n) is 8.49. The van der Waals surface area contributed by atoms with Gasteiger partial charge in [0.2, 0.25) is 0 Å². The second kappa shape index (κ2) is 6.56. The van der Waals surface area contributed by atoms with Crippen molar-refractivity contribution in [3.63, 3.8) is 0 Å². The van der Waals surface area contributed by atoms with E-state index in [2.05, 4.69) is 32.2 Å². The fourth-order valence-electron chi connectivity index (χ4n) is 2.90. The van der Waals surface area contributed by atoms with Crippen molar-refractivity contribution in [1.82, 2.24) is 5.32 Å². The first kappa shape index (κ1) is 18.5. The first-order valence-corrected chi connectivity index (χ1v) is 8.49. The van der Waals surface area contributed by atoms with Gasteiger partial charge in [-0.25, -0.2) is 0 Å². The summed E-state index contributed by atoms with van der Waals surface area (Å²) in [5.74, 6) is 0.494. The highest BCUT2D eigenvalue weighted by atomic mass is 16.3. The molecule has 2 aromatic carbocycles. The van der Waals surface area contributed by atoms with Gasteiger partial charge in [-0.05, 0) is 55.7 Å². The normalized spacial score (nSPS) is 13.9. The number of phenols is 1. The van der Waals surface area contributed by atoms with Gasteiger partial charge in [-0.2, -0.15) is 0 Å². The van der Waals surface area contributed by atoms with E-state index < -0.39 is 0 Å². The monoisotopic (exact) mass is 327 g/mol. The molecule has 2 N–H and O–H groups in total. The average Bonchev–Trinajstić information content (AvgIpc) is 2.43. The van der Waals surface area contributed by atoms with E-state index in [0.29, 0.717) is 6.42 Å². The van der Waals surface area contributed by atoms with Gasteiger partial charge in [0.05, 0.1) is 6.04 Å². The number of carbonyl (C=O) groups excluding carboxylic acids is 1. The minimum absolute atomic E-state index is 0.131. The summed E-state index contributed by atoms with van der Waals surface area (Å²) < 4.78 is 0. The maximum absolute atomic E-state index is 12.9. The second-order valence-electron chi connectivity index (χ2n) is 8.63. The van der Waals surface area contributed by atoms with Gasteiger partial charge >= 0.3 is 0 Å². The Morgan fingerprint density at radius 2 is 1.58 bits per heavy atom. The van der Waals surface area contributed by atoms with Gasteiger partial charge in [0.25, 0.3) is 0 Å². The van der Waals surface area contributed by atoms with Crippen molar-refractivity contribution in [2.45, 2.75) is 59.5 Å². The lowest BCUT2D eigenvalue weighted by molar-refractivity contribution is -0.128. The molecule has 0 aromatic heterocycles. The van der Waals surface area contributed by atoms with Crippen molar-refractivity contribution in [2.75, 3.05) is 0 Å². The fourth-order valence-corrected chi connectivity index (χ4v) is 2.90. The molecular weight excluding hydrogens is 298 g/mol. The van der Waals surface area contributed by atoms with Gasteiger partial charge in [0, 0.05) is 11.0 Å². The summed E-state index contributed by atoms with van der Waals surface area (Å²) in [5, 5.41) is 15.1. The summed E-state index contributed by atoms with van der Waals surface area (Å²) in [4.78, 5) is 12.9. The summed E-state index contributed by atoms with van der Waals surface area (Å²) in [5.41, 5.74) is 0.604. The van der Waals surface area contributed by atoms with Crippen LogP contribution in [0.5, 0.6) is 5.75 Å². The Hall–Kier alpha value is -1.87. The number of carbonyl (C=O) groups is 1. The predicted octanol–water partition coefficient (Wildman–Crippen LogP) is 4.46. The topological polar surface area (TPSA) is 49.3 Å². The molecule has 0 fully saturated rings. The molecule has 0 bridgehead atoms. The van der Waals surface area contributed by atoms with Crippen LogP contribution in [-0.4, -0.2) is 22.5 Å². The zero-order valence-electron chi connectivity index (χ0n) is 15.6. The number of hydrogen-bond acceptors (Lipinski definition) is 3. The van der Waals surface area contributed by atoms with Crippen LogP contribution >= 0.6 is 0 Å². The van der Waals surface area contributed by atoms with Crippen LogP contribution in [-0.2, 0) is 11.2 Å². The highest BCUT2D eigenvalue weighted by Gasteiger charge is 2.32. The second-order valence-corrected chi connectivity index (χ2v) is 8.63. The smallest absolute Gasteiger partial charge is 0.155 e. The van der Waals surface area contributed by atoms with Gasteiger partial charge in [-0.15, -0.1) is 0 Å². The van der Waals surface area contributed by atoms with Gasteiger partial charge in [-0.1, -0.05) is 45.0 Å². The molecule has 130 valence electrons. The maximum atomic E-state index is 12.9. The Morgan fingerprint density at radius 1 is 1.00 bits per heavy atom. The van der Waals surface area contributed by atoms with Crippen LogP contribution in [0, 0.1) is 5.41 Å². The standard InChI is InChI=1S/C21H29NO2/c1-20(2,3)19(24)18(22-21(4,5)6)12-14-7-8-16-13-17(23)10-9-15(16)11-14/h7-11,13,18,22-23H,12H2,1-6H3. The Bertz CT molecular complexity index is 736. The Kier molecular flexibility index (Phi) is 5.05. The highest BCUT2D eigenvalue weighted by Crippen LogP contribution is 2.24. The summed E-state index contributed by atoms with van der Waals surface area (Å²) in [6.07, 6.45) is 0.657. The zero-order valence-corrected chi connectivity index (χ0v) is 15.6. The fraction of sp³-hybridized carbons (Fsp3) is 0.476. The first-order chi connectivity index (χ1) is 11.0. The number of fused-ring (bicyclic) bond motifs is 1. The minimum Gasteiger partial charge on any atom is -0.508 e. The van der Waals surface area contributed by atoms with E-state index in [1.165, 1.54) is 0 Å². The lowest BCUT2D eigenvalue weighted by atomic mass is 9.83. The molecule has 1 unspecified atom stereocenters. The molecule has 3 nitrogen and oxygen atoms in total. The Morgan fingerprint density at radius 3 is 2.17 bits per heavy atom. The number of rotatable bonds is 4. The molecule has 0 spiro atoms. The number of hydrogen-bond donors (Lipinski definition) is 2. The van der Waals surface area contributed by atoms with Gasteiger partial charge in [-0.3, -0.25) is 4.79 Å². The lowest BCUT2D eigenvalue weighted by Crippen LogP contribution is -2.51. The van der Waals surface area contributed by atoms with Crippen LogP contribution in [0.1, 0.15) is 47.1 Å². The van der Waals surface area contributed by atoms with Crippen LogP contribution in [0.2, 0.25) is 0 Å². The number of nitrogens with one attached hydrogen (secondary N) is 1. The van der Waals surface area contributed by atoms with Crippen LogP contribution in [0.3, 0.4) is 0 Å². The van der Waals surface area contributed by atoms with E-state index in [1.807, 2.05) is 39.0 Å². The van der Waals surface area contributed by atoms with Crippen molar-refractivity contribution in [2.24, 2.45) is 5.41 Å². The van der Waals surface area contributed by atoms with Crippen molar-refractivity contribution >= 4 is 16.6 Å². The molecule has 0 aliphatic rings. The molecule has 2 rings (SSSR count). The average molecular weight is 327 g/mol. The van der Waals surface area contributed by atoms with Crippen LogP contribution < -0.4 is 5.32 Å². The number of phenolic OH excluding ortho intramolecular Hbond substituents is 1. The molecule has 0 saturated heterocycles. The predicted molar refractivity (Wildman–Crippen MR) is 100 cm³/mol. The van der Waals surface area contributed by atoms with Gasteiger partial charge < -0.3 is 10.4 Å². The molecule has 2 aromatic rings. The Labute approximate surface area is 145 Å². The van der Waals surface area contributed by atoms with E-state index in [1.54, 1.807) is 12.1 Å². The molecular formula is C21H29NO2. The largest absolute Gasteiger partial charge is 0.508 e. The third-order valence-corrected chi connectivity index (χ3v) is 3.99. The molecule has 1 atom stereocenters. The molecule has 24 heavy (non-hydrogen) atoms. The van der Waals surface area contributed by atoms with Crippen molar-refractivity contribution in [3.8, 4) is 5.75 Å². The van der Waals surface area contributed by atoms with Crippen molar-refractivity contribution < 1.29 is 9.90 Å². The minimum atomic E-state index is -0.383.